The first-order valence-corrected chi connectivity index (χ1v) is 10.7. The Kier molecular flexibility index (Phi) is 5.05. The van der Waals surface area contributed by atoms with Gasteiger partial charge in [-0.3, -0.25) is 0 Å². The lowest BCUT2D eigenvalue weighted by molar-refractivity contribution is -0.178. The van der Waals surface area contributed by atoms with Crippen LogP contribution < -0.4 is 10.5 Å². The molecule has 0 aliphatic carbocycles. The lowest BCUT2D eigenvalue weighted by Gasteiger charge is -2.30. The highest BCUT2D eigenvalue weighted by molar-refractivity contribution is 5.79. The van der Waals surface area contributed by atoms with Gasteiger partial charge in [0.1, 0.15) is 12.4 Å². The number of benzene rings is 2. The Morgan fingerprint density at radius 1 is 1.13 bits per heavy atom. The van der Waals surface area contributed by atoms with Gasteiger partial charge in [-0.05, 0) is 60.6 Å². The smallest absolute Gasteiger partial charge is 0.218 e. The summed E-state index contributed by atoms with van der Waals surface area (Å²) in [4.78, 5) is 11.1. The average Bonchev–Trinajstić information content (AvgIpc) is 3.08. The maximum absolute atomic E-state index is 9.30. The standard InChI is InChI=1S/C24H26N4O3/c1-28-23(26)27-24(31-28)10-9-16-5-7-20(29-14-16)15-30-22-8-6-19(12-21(22)24)18-4-2-3-17(11-18)13-25/h2-4,6,8,11-12,16,20H,5,7,9-10,14-15H2,1H3,(H2,26,27). The minimum Gasteiger partial charge on any atom is -0.490 e. The molecular weight excluding hydrogens is 392 g/mol. The first-order chi connectivity index (χ1) is 15.1. The topological polar surface area (TPSA) is 93.1 Å². The fraction of sp³-hybridized carbons (Fsp3) is 0.417. The number of aliphatic imine (C=N–C) groups is 1. The average molecular weight is 418 g/mol. The molecule has 1 fully saturated rings. The second-order valence-corrected chi connectivity index (χ2v) is 8.50. The van der Waals surface area contributed by atoms with Crippen LogP contribution in [0.4, 0.5) is 0 Å². The molecule has 1 spiro atoms. The molecule has 2 aromatic carbocycles. The molecule has 2 N–H and O–H groups in total. The summed E-state index contributed by atoms with van der Waals surface area (Å²) in [7, 11) is 1.77. The van der Waals surface area contributed by atoms with Crippen molar-refractivity contribution in [1.82, 2.24) is 5.06 Å². The van der Waals surface area contributed by atoms with E-state index in [2.05, 4.69) is 12.1 Å². The van der Waals surface area contributed by atoms with Crippen LogP contribution in [0, 0.1) is 17.2 Å². The molecule has 0 saturated carbocycles. The van der Waals surface area contributed by atoms with Gasteiger partial charge < -0.3 is 15.2 Å². The second-order valence-electron chi connectivity index (χ2n) is 8.50. The van der Waals surface area contributed by atoms with Crippen LogP contribution in [0.3, 0.4) is 0 Å². The van der Waals surface area contributed by atoms with E-state index >= 15 is 0 Å². The number of nitrogens with zero attached hydrogens (tertiary/aromatic N) is 3. The van der Waals surface area contributed by atoms with E-state index < -0.39 is 5.72 Å². The van der Waals surface area contributed by atoms with Crippen molar-refractivity contribution in [2.45, 2.75) is 37.5 Å². The van der Waals surface area contributed by atoms with Gasteiger partial charge in [-0.25, -0.2) is 14.9 Å². The van der Waals surface area contributed by atoms with Crippen LogP contribution in [0.5, 0.6) is 5.75 Å². The Morgan fingerprint density at radius 3 is 2.74 bits per heavy atom. The molecule has 3 atom stereocenters. The molecule has 7 heteroatoms. The number of rotatable bonds is 1. The van der Waals surface area contributed by atoms with Crippen LogP contribution in [0.2, 0.25) is 0 Å². The van der Waals surface area contributed by atoms with Crippen LogP contribution in [0.25, 0.3) is 11.1 Å². The monoisotopic (exact) mass is 418 g/mol. The maximum atomic E-state index is 9.30. The molecule has 1 saturated heterocycles. The first kappa shape index (κ1) is 19.9. The highest BCUT2D eigenvalue weighted by Crippen LogP contribution is 2.45. The van der Waals surface area contributed by atoms with Crippen LogP contribution in [0.15, 0.2) is 47.5 Å². The molecule has 160 valence electrons. The van der Waals surface area contributed by atoms with Gasteiger partial charge in [0.15, 0.2) is 0 Å². The Morgan fingerprint density at radius 2 is 2.00 bits per heavy atom. The molecular formula is C24H26N4O3. The Balaban J connectivity index is 1.63. The van der Waals surface area contributed by atoms with Crippen molar-refractivity contribution >= 4 is 5.96 Å². The highest BCUT2D eigenvalue weighted by atomic mass is 16.7. The summed E-state index contributed by atoms with van der Waals surface area (Å²) in [5.74, 6) is 1.54. The first-order valence-electron chi connectivity index (χ1n) is 10.7. The molecule has 4 aliphatic heterocycles. The number of hydroxylamine groups is 2. The van der Waals surface area contributed by atoms with E-state index in [0.717, 1.165) is 48.3 Å². The quantitative estimate of drug-likeness (QED) is 0.761. The normalized spacial score (nSPS) is 27.7. The number of ether oxygens (including phenoxy) is 2. The predicted molar refractivity (Wildman–Crippen MR) is 116 cm³/mol. The minimum atomic E-state index is -0.945. The molecule has 2 aromatic rings. The van der Waals surface area contributed by atoms with Crippen molar-refractivity contribution in [3.8, 4) is 22.9 Å². The summed E-state index contributed by atoms with van der Waals surface area (Å²) in [5.41, 5.74) is 8.59. The van der Waals surface area contributed by atoms with Crippen LogP contribution in [-0.4, -0.2) is 37.4 Å². The third kappa shape index (κ3) is 3.73. The lowest BCUT2D eigenvalue weighted by atomic mass is 9.88. The number of nitriles is 1. The van der Waals surface area contributed by atoms with Crippen LogP contribution in [-0.2, 0) is 15.3 Å². The number of guanidine groups is 1. The number of hydrogen-bond acceptors (Lipinski definition) is 7. The highest BCUT2D eigenvalue weighted by Gasteiger charge is 2.44. The Hall–Kier alpha value is -3.08. The third-order valence-corrected chi connectivity index (χ3v) is 6.41. The molecule has 31 heavy (non-hydrogen) atoms. The van der Waals surface area contributed by atoms with Gasteiger partial charge in [0.25, 0.3) is 0 Å². The van der Waals surface area contributed by atoms with Gasteiger partial charge in [0, 0.05) is 20.1 Å². The zero-order valence-corrected chi connectivity index (χ0v) is 17.6. The summed E-state index contributed by atoms with van der Waals surface area (Å²) < 4.78 is 12.3. The van der Waals surface area contributed by atoms with Gasteiger partial charge in [0.05, 0.1) is 23.3 Å². The van der Waals surface area contributed by atoms with Crippen molar-refractivity contribution in [1.29, 1.82) is 5.26 Å². The fourth-order valence-electron chi connectivity index (χ4n) is 4.61. The third-order valence-electron chi connectivity index (χ3n) is 6.41. The number of nitrogens with two attached hydrogens (primary N) is 1. The molecule has 3 unspecified atom stereocenters. The van der Waals surface area contributed by atoms with E-state index in [1.165, 1.54) is 5.06 Å². The summed E-state index contributed by atoms with van der Waals surface area (Å²) in [6.45, 7) is 1.23. The zero-order valence-electron chi connectivity index (χ0n) is 17.6. The SMILES string of the molecule is CN1OC2(CCC3CCC(COc4ccc(-c5cccc(C#N)c5)cc42)OC3)N=C1N. The van der Waals surface area contributed by atoms with Crippen molar-refractivity contribution in [3.05, 3.63) is 53.6 Å². The summed E-state index contributed by atoms with van der Waals surface area (Å²) in [5, 5.41) is 10.8. The number of hydrogen-bond donors (Lipinski definition) is 1. The van der Waals surface area contributed by atoms with E-state index in [4.69, 9.17) is 25.0 Å². The van der Waals surface area contributed by atoms with Gasteiger partial charge in [0.2, 0.25) is 11.7 Å². The van der Waals surface area contributed by atoms with E-state index in [-0.39, 0.29) is 6.10 Å². The second kappa shape index (κ2) is 7.88. The van der Waals surface area contributed by atoms with Gasteiger partial charge in [-0.15, -0.1) is 0 Å². The zero-order chi connectivity index (χ0) is 21.4. The molecule has 6 rings (SSSR count). The number of fused-ring (bicyclic) bond motifs is 4. The van der Waals surface area contributed by atoms with Gasteiger partial charge in [-0.1, -0.05) is 18.2 Å². The maximum Gasteiger partial charge on any atom is 0.218 e. The predicted octanol–water partition coefficient (Wildman–Crippen LogP) is 3.54. The van der Waals surface area contributed by atoms with E-state index in [0.29, 0.717) is 30.5 Å². The van der Waals surface area contributed by atoms with E-state index in [9.17, 15) is 5.26 Å². The lowest BCUT2D eigenvalue weighted by Crippen LogP contribution is -2.32. The van der Waals surface area contributed by atoms with E-state index in [1.54, 1.807) is 13.1 Å². The van der Waals surface area contributed by atoms with Gasteiger partial charge in [-0.2, -0.15) is 5.26 Å². The molecule has 2 bridgehead atoms. The summed E-state index contributed by atoms with van der Waals surface area (Å²) in [6, 6.07) is 15.8. The Bertz CT molecular complexity index is 1060. The largest absolute Gasteiger partial charge is 0.490 e. The molecule has 7 nitrogen and oxygen atoms in total. The Labute approximate surface area is 182 Å². The molecule has 0 amide bonds. The van der Waals surface area contributed by atoms with Crippen molar-refractivity contribution in [3.63, 3.8) is 0 Å². The van der Waals surface area contributed by atoms with E-state index in [1.807, 2.05) is 30.3 Å². The molecule has 0 radical (unpaired) electrons. The molecule has 4 heterocycles. The van der Waals surface area contributed by atoms with Crippen molar-refractivity contribution in [2.24, 2.45) is 16.6 Å². The summed E-state index contributed by atoms with van der Waals surface area (Å²) in [6.07, 6.45) is 3.81. The molecule has 0 aromatic heterocycles. The van der Waals surface area contributed by atoms with Crippen LogP contribution >= 0.6 is 0 Å². The van der Waals surface area contributed by atoms with Crippen molar-refractivity contribution in [2.75, 3.05) is 20.3 Å². The molecule has 4 aliphatic rings. The minimum absolute atomic E-state index is 0.103. The van der Waals surface area contributed by atoms with Gasteiger partial charge >= 0.3 is 0 Å². The van der Waals surface area contributed by atoms with Crippen LogP contribution in [0.1, 0.15) is 36.8 Å². The fourth-order valence-corrected chi connectivity index (χ4v) is 4.61. The summed E-state index contributed by atoms with van der Waals surface area (Å²) >= 11 is 0. The van der Waals surface area contributed by atoms with Crippen molar-refractivity contribution < 1.29 is 14.3 Å².